The molecule has 2 N–H and O–H groups in total. The van der Waals surface area contributed by atoms with Crippen molar-refractivity contribution in [3.8, 4) is 5.75 Å². The van der Waals surface area contributed by atoms with Crippen LogP contribution in [0.1, 0.15) is 38.5 Å². The summed E-state index contributed by atoms with van der Waals surface area (Å²) in [6.45, 7) is 0.550. The molecule has 0 radical (unpaired) electrons. The number of carbonyl (C=O) groups is 3. The van der Waals surface area contributed by atoms with Gasteiger partial charge >= 0.3 is 6.03 Å². The van der Waals surface area contributed by atoms with Gasteiger partial charge in [0.1, 0.15) is 5.75 Å². The fourth-order valence-electron chi connectivity index (χ4n) is 8.50. The number of hydrogen-bond acceptors (Lipinski definition) is 4. The highest BCUT2D eigenvalue weighted by Gasteiger charge is 2.53. The van der Waals surface area contributed by atoms with Gasteiger partial charge in [0.2, 0.25) is 0 Å². The van der Waals surface area contributed by atoms with E-state index in [1.807, 2.05) is 54.6 Å². The molecule has 5 aliphatic rings. The van der Waals surface area contributed by atoms with Gasteiger partial charge in [0.05, 0.1) is 24.2 Å². The van der Waals surface area contributed by atoms with Gasteiger partial charge in [-0.15, -0.1) is 0 Å². The van der Waals surface area contributed by atoms with Gasteiger partial charge < -0.3 is 20.3 Å². The van der Waals surface area contributed by atoms with Crippen molar-refractivity contribution in [3.63, 3.8) is 0 Å². The number of fused-ring (bicyclic) bond motifs is 1. The van der Waals surface area contributed by atoms with Crippen LogP contribution in [-0.2, 0) is 9.59 Å². The van der Waals surface area contributed by atoms with Gasteiger partial charge in [0.25, 0.3) is 11.8 Å². The molecule has 0 aromatic heterocycles. The van der Waals surface area contributed by atoms with Gasteiger partial charge in [-0.1, -0.05) is 42.5 Å². The van der Waals surface area contributed by atoms with E-state index in [0.717, 1.165) is 37.0 Å². The van der Waals surface area contributed by atoms with Crippen molar-refractivity contribution >= 4 is 40.6 Å². The fourth-order valence-corrected chi connectivity index (χ4v) is 8.50. The number of rotatable bonds is 6. The van der Waals surface area contributed by atoms with Crippen LogP contribution in [0.25, 0.3) is 0 Å². The summed E-state index contributed by atoms with van der Waals surface area (Å²) in [4.78, 5) is 45.6. The van der Waals surface area contributed by atoms with Crippen molar-refractivity contribution in [3.05, 3.63) is 78.9 Å². The first-order chi connectivity index (χ1) is 20.4. The molecule has 1 atom stereocenters. The second-order valence-corrected chi connectivity index (χ2v) is 12.6. The zero-order chi connectivity index (χ0) is 28.8. The van der Waals surface area contributed by atoms with Crippen molar-refractivity contribution in [1.82, 2.24) is 5.32 Å². The number of carbonyl (C=O) groups excluding carboxylic acids is 3. The lowest BCUT2D eigenvalue weighted by atomic mass is 9.49. The third-order valence-corrected chi connectivity index (χ3v) is 9.70. The average Bonchev–Trinajstić information content (AvgIpc) is 3.06. The summed E-state index contributed by atoms with van der Waals surface area (Å²) in [5.41, 5.74) is 2.45. The number of nitrogens with zero attached hydrogens (tertiary/aromatic N) is 2. The summed E-state index contributed by atoms with van der Waals surface area (Å²) < 4.78 is 5.37. The first-order valence-corrected chi connectivity index (χ1v) is 14.9. The monoisotopic (exact) mass is 564 g/mol. The highest BCUT2D eigenvalue weighted by Crippen LogP contribution is 2.60. The molecule has 4 bridgehead atoms. The standard InChI is InChI=1S/C34H36N4O4/c1-42-29-14-8-5-11-26(29)35-33(41)36-30-31(39)37(21-34-18-22-15-23(19-34)17-24(16-22)20-34)27-12-6-7-13-28(27)38(32(30)40)25-9-3-2-4-10-25/h2-14,22-24,30H,15-21H2,1H3,(H2,35,36,41). The van der Waals surface area contributed by atoms with Crippen molar-refractivity contribution in [2.45, 2.75) is 44.6 Å². The molecule has 8 heteroatoms. The van der Waals surface area contributed by atoms with E-state index in [2.05, 4.69) is 10.6 Å². The molecule has 4 fully saturated rings. The Morgan fingerprint density at radius 3 is 2.07 bits per heavy atom. The summed E-state index contributed by atoms with van der Waals surface area (Å²) in [5, 5.41) is 5.51. The van der Waals surface area contributed by atoms with Crippen molar-refractivity contribution in [2.24, 2.45) is 23.2 Å². The zero-order valence-corrected chi connectivity index (χ0v) is 23.8. The zero-order valence-electron chi connectivity index (χ0n) is 23.8. The van der Waals surface area contributed by atoms with Crippen LogP contribution < -0.4 is 25.2 Å². The number of urea groups is 1. The normalized spacial score (nSPS) is 27.8. The number of ether oxygens (including phenoxy) is 1. The van der Waals surface area contributed by atoms with Crippen LogP contribution in [0, 0.1) is 23.2 Å². The lowest BCUT2D eigenvalue weighted by molar-refractivity contribution is -0.129. The first kappa shape index (κ1) is 26.6. The van der Waals surface area contributed by atoms with E-state index in [1.165, 1.54) is 26.4 Å². The molecule has 8 rings (SSSR count). The minimum Gasteiger partial charge on any atom is -0.495 e. The van der Waals surface area contributed by atoms with Crippen LogP contribution in [-0.4, -0.2) is 37.5 Å². The summed E-state index contributed by atoms with van der Waals surface area (Å²) >= 11 is 0. The van der Waals surface area contributed by atoms with Crippen LogP contribution >= 0.6 is 0 Å². The van der Waals surface area contributed by atoms with E-state index in [-0.39, 0.29) is 5.41 Å². The molecule has 4 saturated carbocycles. The van der Waals surface area contributed by atoms with Gasteiger partial charge in [-0.2, -0.15) is 0 Å². The number of benzene rings is 3. The Labute approximate surface area is 246 Å². The number of amides is 4. The second-order valence-electron chi connectivity index (χ2n) is 12.6. The molecular weight excluding hydrogens is 528 g/mol. The largest absolute Gasteiger partial charge is 0.495 e. The van der Waals surface area contributed by atoms with E-state index >= 15 is 0 Å². The van der Waals surface area contributed by atoms with Crippen LogP contribution in [0.3, 0.4) is 0 Å². The topological polar surface area (TPSA) is 91.0 Å². The Kier molecular flexibility index (Phi) is 6.64. The highest BCUT2D eigenvalue weighted by molar-refractivity contribution is 6.24. The molecule has 1 heterocycles. The summed E-state index contributed by atoms with van der Waals surface area (Å²) in [6.07, 6.45) is 7.26. The van der Waals surface area contributed by atoms with Gasteiger partial charge in [-0.25, -0.2) is 4.79 Å². The minimum absolute atomic E-state index is 0.0344. The molecule has 42 heavy (non-hydrogen) atoms. The smallest absolute Gasteiger partial charge is 0.320 e. The Hall–Kier alpha value is -4.33. The number of anilines is 4. The molecule has 3 aromatic carbocycles. The maximum atomic E-state index is 14.5. The number of para-hydroxylation sites is 5. The molecule has 0 saturated heterocycles. The van der Waals surface area contributed by atoms with E-state index in [4.69, 9.17) is 4.74 Å². The lowest BCUT2D eigenvalue weighted by Crippen LogP contribution is -2.58. The van der Waals surface area contributed by atoms with Gasteiger partial charge in [0, 0.05) is 12.2 Å². The van der Waals surface area contributed by atoms with Crippen molar-refractivity contribution < 1.29 is 19.1 Å². The molecule has 4 amide bonds. The SMILES string of the molecule is COc1ccccc1NC(=O)NC1C(=O)N(CC23CC4CC(CC(C4)C2)C3)c2ccccc2N(c2ccccc2)C1=O. The molecule has 4 aliphatic carbocycles. The molecule has 3 aromatic rings. The van der Waals surface area contributed by atoms with E-state index in [9.17, 15) is 14.4 Å². The minimum atomic E-state index is -1.42. The molecule has 0 spiro atoms. The third kappa shape index (κ3) is 4.68. The van der Waals surface area contributed by atoms with E-state index in [0.29, 0.717) is 35.0 Å². The quantitative estimate of drug-likeness (QED) is 0.353. The fraction of sp³-hybridized carbons (Fsp3) is 0.382. The van der Waals surface area contributed by atoms with Crippen LogP contribution in [0.2, 0.25) is 0 Å². The van der Waals surface area contributed by atoms with Gasteiger partial charge in [0.15, 0.2) is 6.04 Å². The van der Waals surface area contributed by atoms with Gasteiger partial charge in [-0.3, -0.25) is 14.5 Å². The predicted molar refractivity (Wildman–Crippen MR) is 162 cm³/mol. The second kappa shape index (κ2) is 10.5. The van der Waals surface area contributed by atoms with E-state index in [1.54, 1.807) is 34.1 Å². The Balaban J connectivity index is 1.27. The van der Waals surface area contributed by atoms with Crippen LogP contribution in [0.4, 0.5) is 27.5 Å². The Morgan fingerprint density at radius 2 is 1.40 bits per heavy atom. The summed E-state index contributed by atoms with van der Waals surface area (Å²) in [6, 6.07) is 21.9. The lowest BCUT2D eigenvalue weighted by Gasteiger charge is -2.57. The average molecular weight is 565 g/mol. The van der Waals surface area contributed by atoms with E-state index < -0.39 is 23.9 Å². The number of hydrogen-bond donors (Lipinski definition) is 2. The van der Waals surface area contributed by atoms with Gasteiger partial charge in [-0.05, 0) is 98.1 Å². The molecule has 8 nitrogen and oxygen atoms in total. The van der Waals surface area contributed by atoms with Crippen molar-refractivity contribution in [2.75, 3.05) is 28.8 Å². The Bertz CT molecular complexity index is 1490. The maximum Gasteiger partial charge on any atom is 0.320 e. The molecule has 1 unspecified atom stereocenters. The van der Waals surface area contributed by atoms with Crippen LogP contribution in [0.15, 0.2) is 78.9 Å². The molecular formula is C34H36N4O4. The van der Waals surface area contributed by atoms with Crippen LogP contribution in [0.5, 0.6) is 5.75 Å². The highest BCUT2D eigenvalue weighted by atomic mass is 16.5. The van der Waals surface area contributed by atoms with Crippen molar-refractivity contribution in [1.29, 1.82) is 0 Å². The maximum absolute atomic E-state index is 14.5. The number of methoxy groups -OCH3 is 1. The number of nitrogens with one attached hydrogen (secondary N) is 2. The predicted octanol–water partition coefficient (Wildman–Crippen LogP) is 6.11. The first-order valence-electron chi connectivity index (χ1n) is 14.9. The third-order valence-electron chi connectivity index (χ3n) is 9.70. The Morgan fingerprint density at radius 1 is 0.810 bits per heavy atom. The summed E-state index contributed by atoms with van der Waals surface area (Å²) in [5.74, 6) is 1.73. The molecule has 216 valence electrons. The molecule has 1 aliphatic heterocycles. The summed E-state index contributed by atoms with van der Waals surface area (Å²) in [7, 11) is 1.52.